The first kappa shape index (κ1) is 16.7. The third kappa shape index (κ3) is 4.94. The molecule has 0 aromatic heterocycles. The molecule has 106 valence electrons. The van der Waals surface area contributed by atoms with Crippen LogP contribution in [0.2, 0.25) is 0 Å². The van der Waals surface area contributed by atoms with Crippen LogP contribution in [0, 0.1) is 5.41 Å². The molecule has 0 spiro atoms. The maximum atomic E-state index is 11.9. The van der Waals surface area contributed by atoms with Crippen LogP contribution in [0.1, 0.15) is 60.3 Å². The highest BCUT2D eigenvalue weighted by atomic mass is 16.4. The van der Waals surface area contributed by atoms with Gasteiger partial charge in [0, 0.05) is 6.42 Å². The van der Waals surface area contributed by atoms with Crippen molar-refractivity contribution >= 4 is 11.7 Å². The Kier molecular flexibility index (Phi) is 6.15. The quantitative estimate of drug-likeness (QED) is 0.295. The Morgan fingerprint density at radius 2 is 1.78 bits per heavy atom. The minimum Gasteiger partial charge on any atom is -0.409 e. The largest absolute Gasteiger partial charge is 0.409 e. The van der Waals surface area contributed by atoms with E-state index in [0.717, 1.165) is 6.42 Å². The molecule has 0 unspecified atom stereocenters. The van der Waals surface area contributed by atoms with Crippen LogP contribution in [-0.4, -0.2) is 22.5 Å². The molecule has 0 atom stereocenters. The summed E-state index contributed by atoms with van der Waals surface area (Å²) in [6.45, 7) is 10.1. The summed E-state index contributed by atoms with van der Waals surface area (Å²) in [6, 6.07) is 0. The van der Waals surface area contributed by atoms with Crippen LogP contribution in [0.5, 0.6) is 0 Å². The zero-order valence-electron chi connectivity index (χ0n) is 12.2. The van der Waals surface area contributed by atoms with Crippen molar-refractivity contribution in [2.75, 3.05) is 0 Å². The lowest BCUT2D eigenvalue weighted by Crippen LogP contribution is -2.56. The van der Waals surface area contributed by atoms with Crippen molar-refractivity contribution in [1.29, 1.82) is 0 Å². The second-order valence-electron chi connectivity index (χ2n) is 5.88. The van der Waals surface area contributed by atoms with E-state index in [-0.39, 0.29) is 17.2 Å². The molecule has 0 heterocycles. The Labute approximate surface area is 110 Å². The molecule has 4 N–H and O–H groups in total. The number of rotatable bonds is 6. The SMILES string of the molecule is CCC(CC)(NC(=O)CCC(C)(C)C)C(N)=NO. The van der Waals surface area contributed by atoms with E-state index in [1.807, 2.05) is 13.8 Å². The normalized spacial score (nSPS) is 13.5. The second-order valence-corrected chi connectivity index (χ2v) is 5.88. The molecule has 0 bridgehead atoms. The summed E-state index contributed by atoms with van der Waals surface area (Å²) < 4.78 is 0. The fourth-order valence-electron chi connectivity index (χ4n) is 1.77. The number of amides is 1. The fourth-order valence-corrected chi connectivity index (χ4v) is 1.77. The summed E-state index contributed by atoms with van der Waals surface area (Å²) in [5.41, 5.74) is 5.08. The molecule has 0 radical (unpaired) electrons. The van der Waals surface area contributed by atoms with E-state index in [4.69, 9.17) is 10.9 Å². The van der Waals surface area contributed by atoms with Gasteiger partial charge >= 0.3 is 0 Å². The molecule has 0 aromatic rings. The molecule has 1 amide bonds. The number of oxime groups is 1. The number of amidine groups is 1. The maximum absolute atomic E-state index is 11.9. The molecular formula is C13H27N3O2. The van der Waals surface area contributed by atoms with Crippen molar-refractivity contribution in [3.63, 3.8) is 0 Å². The number of hydrogen-bond donors (Lipinski definition) is 3. The van der Waals surface area contributed by atoms with E-state index in [2.05, 4.69) is 31.2 Å². The van der Waals surface area contributed by atoms with Crippen LogP contribution in [-0.2, 0) is 4.79 Å². The van der Waals surface area contributed by atoms with E-state index in [1.165, 1.54) is 0 Å². The zero-order valence-corrected chi connectivity index (χ0v) is 12.2. The zero-order chi connectivity index (χ0) is 14.4. The van der Waals surface area contributed by atoms with Crippen molar-refractivity contribution in [3.8, 4) is 0 Å². The minimum absolute atomic E-state index is 0.0553. The van der Waals surface area contributed by atoms with E-state index in [9.17, 15) is 4.79 Å². The van der Waals surface area contributed by atoms with Gasteiger partial charge in [-0.3, -0.25) is 4.79 Å². The molecule has 0 saturated heterocycles. The number of carbonyl (C=O) groups is 1. The number of nitrogens with one attached hydrogen (secondary N) is 1. The number of nitrogens with zero attached hydrogens (tertiary/aromatic N) is 1. The fraction of sp³-hybridized carbons (Fsp3) is 0.846. The molecule has 0 fully saturated rings. The van der Waals surface area contributed by atoms with Gasteiger partial charge in [-0.05, 0) is 24.7 Å². The lowest BCUT2D eigenvalue weighted by Gasteiger charge is -2.31. The highest BCUT2D eigenvalue weighted by molar-refractivity contribution is 5.93. The smallest absolute Gasteiger partial charge is 0.220 e. The summed E-state index contributed by atoms with van der Waals surface area (Å²) in [7, 11) is 0. The predicted octanol–water partition coefficient (Wildman–Crippen LogP) is 2.23. The molecule has 5 nitrogen and oxygen atoms in total. The lowest BCUT2D eigenvalue weighted by atomic mass is 9.88. The Morgan fingerprint density at radius 1 is 1.28 bits per heavy atom. The lowest BCUT2D eigenvalue weighted by molar-refractivity contribution is -0.123. The van der Waals surface area contributed by atoms with Gasteiger partial charge in [-0.1, -0.05) is 39.8 Å². The first-order chi connectivity index (χ1) is 8.20. The van der Waals surface area contributed by atoms with Crippen molar-refractivity contribution < 1.29 is 10.0 Å². The monoisotopic (exact) mass is 257 g/mol. The van der Waals surface area contributed by atoms with Crippen molar-refractivity contribution in [2.45, 2.75) is 65.8 Å². The van der Waals surface area contributed by atoms with Crippen LogP contribution in [0.3, 0.4) is 0 Å². The molecule has 0 saturated carbocycles. The van der Waals surface area contributed by atoms with Gasteiger partial charge in [0.25, 0.3) is 0 Å². The maximum Gasteiger partial charge on any atom is 0.220 e. The van der Waals surface area contributed by atoms with Crippen molar-refractivity contribution in [1.82, 2.24) is 5.32 Å². The standard InChI is InChI=1S/C13H27N3O2/c1-6-13(7-2,11(14)16-18)15-10(17)8-9-12(3,4)5/h18H,6-9H2,1-5H3,(H2,14,16)(H,15,17). The molecule has 5 heteroatoms. The van der Waals surface area contributed by atoms with Gasteiger partial charge < -0.3 is 16.3 Å². The number of carbonyl (C=O) groups excluding carboxylic acids is 1. The van der Waals surface area contributed by atoms with Crippen molar-refractivity contribution in [2.24, 2.45) is 16.3 Å². The molecule has 18 heavy (non-hydrogen) atoms. The number of hydrogen-bond acceptors (Lipinski definition) is 3. The average Bonchev–Trinajstić information content (AvgIpc) is 2.31. The van der Waals surface area contributed by atoms with Gasteiger partial charge in [0.05, 0.1) is 0 Å². The highest BCUT2D eigenvalue weighted by Crippen LogP contribution is 2.21. The molecule has 0 aliphatic rings. The first-order valence-electron chi connectivity index (χ1n) is 6.49. The number of nitrogens with two attached hydrogens (primary N) is 1. The van der Waals surface area contributed by atoms with Crippen LogP contribution in [0.4, 0.5) is 0 Å². The summed E-state index contributed by atoms with van der Waals surface area (Å²) in [4.78, 5) is 11.9. The summed E-state index contributed by atoms with van der Waals surface area (Å²) in [6.07, 6.45) is 2.45. The Balaban J connectivity index is 4.66. The van der Waals surface area contributed by atoms with Crippen LogP contribution in [0.15, 0.2) is 5.16 Å². The molecule has 0 aliphatic carbocycles. The van der Waals surface area contributed by atoms with Crippen LogP contribution >= 0.6 is 0 Å². The highest BCUT2D eigenvalue weighted by Gasteiger charge is 2.33. The predicted molar refractivity (Wildman–Crippen MR) is 73.6 cm³/mol. The van der Waals surface area contributed by atoms with Gasteiger partial charge in [-0.25, -0.2) is 0 Å². The summed E-state index contributed by atoms with van der Waals surface area (Å²) in [5.74, 6) is 0.0110. The molecule has 0 aromatic carbocycles. The summed E-state index contributed by atoms with van der Waals surface area (Å²) in [5, 5.41) is 14.8. The van der Waals surface area contributed by atoms with Gasteiger partial charge in [-0.2, -0.15) is 0 Å². The molecular weight excluding hydrogens is 230 g/mol. The first-order valence-corrected chi connectivity index (χ1v) is 6.49. The van der Waals surface area contributed by atoms with E-state index in [1.54, 1.807) is 0 Å². The van der Waals surface area contributed by atoms with Gasteiger partial charge in [0.2, 0.25) is 5.91 Å². The second kappa shape index (κ2) is 6.61. The molecule has 0 rings (SSSR count). The Morgan fingerprint density at radius 3 is 2.11 bits per heavy atom. The Bertz CT molecular complexity index is 302. The minimum atomic E-state index is -0.732. The van der Waals surface area contributed by atoms with Crippen LogP contribution < -0.4 is 11.1 Å². The molecule has 0 aliphatic heterocycles. The van der Waals surface area contributed by atoms with Crippen LogP contribution in [0.25, 0.3) is 0 Å². The van der Waals surface area contributed by atoms with Crippen molar-refractivity contribution in [3.05, 3.63) is 0 Å². The van der Waals surface area contributed by atoms with Gasteiger partial charge in [0.15, 0.2) is 5.84 Å². The third-order valence-corrected chi connectivity index (χ3v) is 3.29. The topological polar surface area (TPSA) is 87.7 Å². The van der Waals surface area contributed by atoms with Gasteiger partial charge in [0.1, 0.15) is 5.54 Å². The van der Waals surface area contributed by atoms with E-state index >= 15 is 0 Å². The third-order valence-electron chi connectivity index (χ3n) is 3.29. The Hall–Kier alpha value is -1.26. The van der Waals surface area contributed by atoms with E-state index in [0.29, 0.717) is 19.3 Å². The average molecular weight is 257 g/mol. The summed E-state index contributed by atoms with van der Waals surface area (Å²) >= 11 is 0. The van der Waals surface area contributed by atoms with E-state index < -0.39 is 5.54 Å². The van der Waals surface area contributed by atoms with Gasteiger partial charge in [-0.15, -0.1) is 0 Å².